The number of amides is 2. The van der Waals surface area contributed by atoms with E-state index < -0.39 is 17.2 Å². The third-order valence-electron chi connectivity index (χ3n) is 5.25. The van der Waals surface area contributed by atoms with Crippen LogP contribution in [-0.4, -0.2) is 34.5 Å². The molecule has 0 unspecified atom stereocenters. The predicted octanol–water partition coefficient (Wildman–Crippen LogP) is 1.70. The van der Waals surface area contributed by atoms with Gasteiger partial charge in [-0.1, -0.05) is 19.4 Å². The van der Waals surface area contributed by atoms with Gasteiger partial charge in [0.05, 0.1) is 0 Å². The number of nitrogen functional groups attached to an aromatic ring is 1. The molecule has 0 atom stereocenters. The Morgan fingerprint density at radius 3 is 2.69 bits per heavy atom. The highest BCUT2D eigenvalue weighted by molar-refractivity contribution is 5.96. The summed E-state index contributed by atoms with van der Waals surface area (Å²) >= 11 is 0. The van der Waals surface area contributed by atoms with Crippen LogP contribution in [0.5, 0.6) is 5.75 Å². The van der Waals surface area contributed by atoms with Gasteiger partial charge in [-0.2, -0.15) is 0 Å². The van der Waals surface area contributed by atoms with Crippen molar-refractivity contribution in [3.63, 3.8) is 0 Å². The normalized spacial score (nSPS) is 12.9. The molecule has 1 fully saturated rings. The monoisotopic (exact) mass is 443 g/mol. The van der Waals surface area contributed by atoms with Crippen LogP contribution in [0.4, 0.5) is 17.2 Å². The maximum absolute atomic E-state index is 12.9. The number of unbranched alkanes of at least 4 members (excludes halogenated alkanes) is 1. The van der Waals surface area contributed by atoms with Gasteiger partial charge in [0.2, 0.25) is 5.91 Å². The van der Waals surface area contributed by atoms with Crippen molar-refractivity contribution >= 4 is 29.0 Å². The van der Waals surface area contributed by atoms with E-state index in [1.54, 1.807) is 31.2 Å². The van der Waals surface area contributed by atoms with Crippen LogP contribution in [0.1, 0.15) is 39.5 Å². The first-order chi connectivity index (χ1) is 15.3. The number of aromatic nitrogens is 2. The average Bonchev–Trinajstić information content (AvgIpc) is 3.60. The Labute approximate surface area is 185 Å². The Morgan fingerprint density at radius 1 is 1.28 bits per heavy atom. The summed E-state index contributed by atoms with van der Waals surface area (Å²) in [5, 5.41) is 2.83. The number of nitrogens with one attached hydrogen (secondary N) is 2. The molecule has 10 heteroatoms. The smallest absolute Gasteiger partial charge is 0.330 e. The number of anilines is 3. The Hall–Kier alpha value is -3.56. The van der Waals surface area contributed by atoms with E-state index >= 15 is 0 Å². The maximum Gasteiger partial charge on any atom is 0.330 e. The topological polar surface area (TPSA) is 140 Å². The SMILES string of the molecule is CCCCn1c(N)c(N(CC)C(=O)COc2cccc(NC(=O)C3CC3)c2)c(=O)[nH]c1=O. The number of likely N-dealkylation sites (N-methyl/N-ethyl adjacent to an activating group) is 1. The van der Waals surface area contributed by atoms with Gasteiger partial charge in [-0.25, -0.2) is 4.79 Å². The number of nitrogens with zero attached hydrogens (tertiary/aromatic N) is 2. The molecule has 32 heavy (non-hydrogen) atoms. The lowest BCUT2D eigenvalue weighted by atomic mass is 10.3. The van der Waals surface area contributed by atoms with Crippen LogP contribution in [0.15, 0.2) is 33.9 Å². The van der Waals surface area contributed by atoms with Crippen LogP contribution >= 0.6 is 0 Å². The van der Waals surface area contributed by atoms with E-state index in [4.69, 9.17) is 10.5 Å². The standard InChI is InChI=1S/C22H29N5O5/c1-3-5-11-27-19(23)18(21(30)25-22(27)31)26(4-2)17(28)13-32-16-8-6-7-15(12-16)24-20(29)14-9-10-14/h6-8,12,14H,3-5,9-11,13,23H2,1-2H3,(H,24,29)(H,25,30,31). The highest BCUT2D eigenvalue weighted by Crippen LogP contribution is 2.30. The zero-order valence-corrected chi connectivity index (χ0v) is 18.3. The molecule has 2 amide bonds. The van der Waals surface area contributed by atoms with Crippen LogP contribution in [-0.2, 0) is 16.1 Å². The van der Waals surface area contributed by atoms with Crippen molar-refractivity contribution in [3.8, 4) is 5.75 Å². The van der Waals surface area contributed by atoms with Crippen molar-refractivity contribution in [2.24, 2.45) is 5.92 Å². The number of hydrogen-bond acceptors (Lipinski definition) is 6. The summed E-state index contributed by atoms with van der Waals surface area (Å²) in [6.45, 7) is 3.83. The van der Waals surface area contributed by atoms with Crippen LogP contribution in [0.3, 0.4) is 0 Å². The number of carbonyl (C=O) groups is 2. The number of nitrogens with two attached hydrogens (primary N) is 1. The molecule has 1 aromatic heterocycles. The van der Waals surface area contributed by atoms with Crippen molar-refractivity contribution in [3.05, 3.63) is 45.1 Å². The third-order valence-corrected chi connectivity index (χ3v) is 5.25. The zero-order chi connectivity index (χ0) is 23.3. The van der Waals surface area contributed by atoms with Gasteiger partial charge in [0, 0.05) is 30.8 Å². The van der Waals surface area contributed by atoms with Crippen molar-refractivity contribution in [2.75, 3.05) is 29.1 Å². The summed E-state index contributed by atoms with van der Waals surface area (Å²) in [5.74, 6) is -0.0884. The minimum atomic E-state index is -0.722. The number of hydrogen-bond donors (Lipinski definition) is 3. The van der Waals surface area contributed by atoms with Gasteiger partial charge >= 0.3 is 5.69 Å². The highest BCUT2D eigenvalue weighted by Gasteiger charge is 2.29. The van der Waals surface area contributed by atoms with Gasteiger partial charge in [-0.15, -0.1) is 0 Å². The number of rotatable bonds is 10. The number of carbonyl (C=O) groups excluding carboxylic acids is 2. The molecule has 1 heterocycles. The first-order valence-corrected chi connectivity index (χ1v) is 10.8. The lowest BCUT2D eigenvalue weighted by molar-refractivity contribution is -0.120. The second kappa shape index (κ2) is 10.2. The van der Waals surface area contributed by atoms with Crippen LogP contribution in [0, 0.1) is 5.92 Å². The number of H-pyrrole nitrogens is 1. The highest BCUT2D eigenvalue weighted by atomic mass is 16.5. The van der Waals surface area contributed by atoms with Gasteiger partial charge in [0.15, 0.2) is 12.3 Å². The Bertz CT molecular complexity index is 1100. The van der Waals surface area contributed by atoms with Crippen LogP contribution in [0.25, 0.3) is 0 Å². The minimum absolute atomic E-state index is 0.0247. The molecule has 0 bridgehead atoms. The molecule has 1 saturated carbocycles. The summed E-state index contributed by atoms with van der Waals surface area (Å²) in [7, 11) is 0. The predicted molar refractivity (Wildman–Crippen MR) is 122 cm³/mol. The van der Waals surface area contributed by atoms with Gasteiger partial charge in [-0.3, -0.25) is 23.9 Å². The van der Waals surface area contributed by atoms with E-state index in [9.17, 15) is 19.2 Å². The molecule has 1 aromatic carbocycles. The molecule has 0 radical (unpaired) electrons. The summed E-state index contributed by atoms with van der Waals surface area (Å²) in [6.07, 6.45) is 3.34. The van der Waals surface area contributed by atoms with Crippen molar-refractivity contribution in [1.29, 1.82) is 0 Å². The number of ether oxygens (including phenoxy) is 1. The Kier molecular flexibility index (Phi) is 7.34. The minimum Gasteiger partial charge on any atom is -0.484 e. The molecular weight excluding hydrogens is 414 g/mol. The molecule has 1 aliphatic carbocycles. The second-order valence-electron chi connectivity index (χ2n) is 7.72. The molecule has 4 N–H and O–H groups in total. The molecule has 172 valence electrons. The van der Waals surface area contributed by atoms with Crippen molar-refractivity contribution in [2.45, 2.75) is 46.1 Å². The van der Waals surface area contributed by atoms with Gasteiger partial charge < -0.3 is 20.7 Å². The van der Waals surface area contributed by atoms with E-state index in [2.05, 4.69) is 10.3 Å². The van der Waals surface area contributed by atoms with Crippen LogP contribution in [0.2, 0.25) is 0 Å². The lowest BCUT2D eigenvalue weighted by Crippen LogP contribution is -2.42. The Morgan fingerprint density at radius 2 is 2.03 bits per heavy atom. The largest absolute Gasteiger partial charge is 0.484 e. The quantitative estimate of drug-likeness (QED) is 0.511. The zero-order valence-electron chi connectivity index (χ0n) is 18.3. The fraction of sp³-hybridized carbons (Fsp3) is 0.455. The molecule has 10 nitrogen and oxygen atoms in total. The molecule has 0 saturated heterocycles. The lowest BCUT2D eigenvalue weighted by Gasteiger charge is -2.23. The van der Waals surface area contributed by atoms with E-state index in [0.29, 0.717) is 24.4 Å². The van der Waals surface area contributed by atoms with Crippen molar-refractivity contribution < 1.29 is 14.3 Å². The maximum atomic E-state index is 12.9. The summed E-state index contributed by atoms with van der Waals surface area (Å²) in [6, 6.07) is 6.76. The summed E-state index contributed by atoms with van der Waals surface area (Å²) < 4.78 is 6.87. The van der Waals surface area contributed by atoms with Crippen LogP contribution < -0.4 is 31.9 Å². The van der Waals surface area contributed by atoms with Crippen molar-refractivity contribution in [1.82, 2.24) is 9.55 Å². The summed E-state index contributed by atoms with van der Waals surface area (Å²) in [5.41, 5.74) is 5.31. The first kappa shape index (κ1) is 23.1. The summed E-state index contributed by atoms with van der Waals surface area (Å²) in [4.78, 5) is 52.8. The molecular formula is C22H29N5O5. The molecule has 0 spiro atoms. The fourth-order valence-electron chi connectivity index (χ4n) is 3.31. The number of aromatic amines is 1. The first-order valence-electron chi connectivity index (χ1n) is 10.8. The molecule has 0 aliphatic heterocycles. The van der Waals surface area contributed by atoms with E-state index in [1.165, 1.54) is 9.47 Å². The van der Waals surface area contributed by atoms with E-state index in [0.717, 1.165) is 19.3 Å². The van der Waals surface area contributed by atoms with Gasteiger partial charge in [0.25, 0.3) is 11.5 Å². The third kappa shape index (κ3) is 5.37. The average molecular weight is 444 g/mol. The second-order valence-corrected chi connectivity index (χ2v) is 7.72. The molecule has 2 aromatic rings. The number of benzene rings is 1. The van der Waals surface area contributed by atoms with E-state index in [1.807, 2.05) is 6.92 Å². The Balaban J connectivity index is 1.73. The molecule has 1 aliphatic rings. The van der Waals surface area contributed by atoms with E-state index in [-0.39, 0.29) is 36.5 Å². The molecule has 3 rings (SSSR count). The van der Waals surface area contributed by atoms with Gasteiger partial charge in [0.1, 0.15) is 11.6 Å². The fourth-order valence-corrected chi connectivity index (χ4v) is 3.31. The van der Waals surface area contributed by atoms with Gasteiger partial charge in [-0.05, 0) is 38.3 Å².